The molecule has 2 aromatic rings. The minimum absolute atomic E-state index is 0.0413. The molecule has 2 aromatic carbocycles. The summed E-state index contributed by atoms with van der Waals surface area (Å²) < 4.78 is 40.4. The number of nitrogens with one attached hydrogen (secondary N) is 1. The van der Waals surface area contributed by atoms with Crippen LogP contribution in [0.1, 0.15) is 66.4 Å². The van der Waals surface area contributed by atoms with E-state index in [1.54, 1.807) is 7.05 Å². The van der Waals surface area contributed by atoms with E-state index in [1.165, 1.54) is 17.9 Å². The highest BCUT2D eigenvalue weighted by Gasteiger charge is 2.39. The number of piperidine rings is 1. The van der Waals surface area contributed by atoms with E-state index in [-0.39, 0.29) is 45.8 Å². The average molecular weight is 608 g/mol. The Bertz CT molecular complexity index is 1200. The average Bonchev–Trinajstić information content (AvgIpc) is 2.91. The molecule has 2 atom stereocenters. The highest BCUT2D eigenvalue weighted by atomic mass is 79.9. The third-order valence-electron chi connectivity index (χ3n) is 7.89. The molecular weight excluding hydrogens is 575 g/mol. The van der Waals surface area contributed by atoms with E-state index in [2.05, 4.69) is 21.2 Å². The summed E-state index contributed by atoms with van der Waals surface area (Å²) in [5.74, 6) is -0.767. The van der Waals surface area contributed by atoms with Crippen molar-refractivity contribution in [3.63, 3.8) is 0 Å². The second kappa shape index (κ2) is 12.1. The van der Waals surface area contributed by atoms with Crippen molar-refractivity contribution >= 4 is 33.7 Å². The number of likely N-dealkylation sites (N-methyl/N-ethyl adjacent to an activating group) is 1. The fourth-order valence-electron chi connectivity index (χ4n) is 5.89. The number of rotatable bonds is 5. The standard InChI is InChI=1S/C29H33BrF3N3O3/c1-18(37)34-24-10-8-20(9-11-24)28(39)36-13-12-26(25(17-36)19-6-4-3-5-7-19)35(2)27(38)21-14-22(29(31,32)33)16-23(30)15-21/h3-7,14-16,20,24-26H,8-13,17H2,1-2H3,(H,34,37)/t20?,24?,25-,26+/m0/s1. The maximum atomic E-state index is 13.5. The van der Waals surface area contributed by atoms with E-state index in [0.29, 0.717) is 32.4 Å². The van der Waals surface area contributed by atoms with Crippen LogP contribution in [0.25, 0.3) is 0 Å². The molecular formula is C29H33BrF3N3O3. The van der Waals surface area contributed by atoms with Gasteiger partial charge in [0.1, 0.15) is 0 Å². The summed E-state index contributed by atoms with van der Waals surface area (Å²) in [6, 6.07) is 12.7. The van der Waals surface area contributed by atoms with E-state index >= 15 is 0 Å². The predicted octanol–water partition coefficient (Wildman–Crippen LogP) is 5.62. The topological polar surface area (TPSA) is 69.7 Å². The van der Waals surface area contributed by atoms with Crippen molar-refractivity contribution in [3.05, 3.63) is 69.7 Å². The lowest BCUT2D eigenvalue weighted by molar-refractivity contribution is -0.139. The Kier molecular flexibility index (Phi) is 9.03. The molecule has 0 aromatic heterocycles. The largest absolute Gasteiger partial charge is 0.416 e. The molecule has 0 bridgehead atoms. The highest BCUT2D eigenvalue weighted by Crippen LogP contribution is 2.36. The third-order valence-corrected chi connectivity index (χ3v) is 8.35. The number of amides is 3. The summed E-state index contributed by atoms with van der Waals surface area (Å²) in [5.41, 5.74) is 0.0431. The van der Waals surface area contributed by atoms with Gasteiger partial charge in [0, 0.05) is 61.0 Å². The first kappa shape index (κ1) is 29.1. The Balaban J connectivity index is 1.52. The van der Waals surface area contributed by atoms with Crippen LogP contribution in [0.4, 0.5) is 13.2 Å². The van der Waals surface area contributed by atoms with Gasteiger partial charge in [-0.2, -0.15) is 13.2 Å². The molecule has 1 aliphatic carbocycles. The molecule has 10 heteroatoms. The number of carbonyl (C=O) groups excluding carboxylic acids is 3. The summed E-state index contributed by atoms with van der Waals surface area (Å²) in [6.45, 7) is 2.38. The smallest absolute Gasteiger partial charge is 0.354 e. The number of nitrogens with zero attached hydrogens (tertiary/aromatic N) is 2. The van der Waals surface area contributed by atoms with Gasteiger partial charge in [-0.05, 0) is 55.9 Å². The van der Waals surface area contributed by atoms with E-state index in [1.807, 2.05) is 35.2 Å². The minimum atomic E-state index is -4.57. The van der Waals surface area contributed by atoms with Gasteiger partial charge in [0.05, 0.1) is 5.56 Å². The number of benzene rings is 2. The molecule has 0 spiro atoms. The van der Waals surface area contributed by atoms with Crippen LogP contribution in [-0.4, -0.2) is 59.7 Å². The van der Waals surface area contributed by atoms with Gasteiger partial charge in [-0.25, -0.2) is 0 Å². The van der Waals surface area contributed by atoms with Crippen molar-refractivity contribution in [1.82, 2.24) is 15.1 Å². The summed E-state index contributed by atoms with van der Waals surface area (Å²) in [5, 5.41) is 2.94. The molecule has 1 N–H and O–H groups in total. The van der Waals surface area contributed by atoms with Crippen molar-refractivity contribution in [1.29, 1.82) is 0 Å². The normalized spacial score (nSPS) is 23.7. The second-order valence-electron chi connectivity index (χ2n) is 10.5. The Morgan fingerprint density at radius 3 is 2.28 bits per heavy atom. The van der Waals surface area contributed by atoms with Crippen LogP contribution < -0.4 is 5.32 Å². The molecule has 3 amide bonds. The molecule has 1 aliphatic heterocycles. The van der Waals surface area contributed by atoms with Crippen LogP contribution in [0, 0.1) is 5.92 Å². The molecule has 2 aliphatic rings. The Morgan fingerprint density at radius 1 is 1.00 bits per heavy atom. The molecule has 0 unspecified atom stereocenters. The van der Waals surface area contributed by atoms with Crippen LogP contribution in [0.3, 0.4) is 0 Å². The zero-order valence-corrected chi connectivity index (χ0v) is 23.6. The zero-order chi connectivity index (χ0) is 28.3. The first-order valence-corrected chi connectivity index (χ1v) is 14.0. The second-order valence-corrected chi connectivity index (χ2v) is 11.5. The number of carbonyl (C=O) groups is 3. The molecule has 2 fully saturated rings. The summed E-state index contributed by atoms with van der Waals surface area (Å²) in [4.78, 5) is 41.7. The van der Waals surface area contributed by atoms with E-state index in [0.717, 1.165) is 30.5 Å². The first-order chi connectivity index (χ1) is 18.4. The first-order valence-electron chi connectivity index (χ1n) is 13.2. The lowest BCUT2D eigenvalue weighted by atomic mass is 9.82. The number of hydrogen-bond acceptors (Lipinski definition) is 3. The number of halogens is 4. The van der Waals surface area contributed by atoms with Crippen molar-refractivity contribution in [3.8, 4) is 0 Å². The van der Waals surface area contributed by atoms with Gasteiger partial charge in [-0.15, -0.1) is 0 Å². The molecule has 1 saturated heterocycles. The predicted molar refractivity (Wildman–Crippen MR) is 145 cm³/mol. The molecule has 0 radical (unpaired) electrons. The summed E-state index contributed by atoms with van der Waals surface area (Å²) >= 11 is 3.11. The Morgan fingerprint density at radius 2 is 1.67 bits per heavy atom. The lowest BCUT2D eigenvalue weighted by Gasteiger charge is -2.44. The van der Waals surface area contributed by atoms with Crippen LogP contribution in [0.2, 0.25) is 0 Å². The lowest BCUT2D eigenvalue weighted by Crippen LogP contribution is -2.53. The molecule has 4 rings (SSSR count). The van der Waals surface area contributed by atoms with E-state index < -0.39 is 17.6 Å². The number of alkyl halides is 3. The van der Waals surface area contributed by atoms with E-state index in [9.17, 15) is 27.6 Å². The van der Waals surface area contributed by atoms with Crippen LogP contribution in [0.5, 0.6) is 0 Å². The molecule has 1 heterocycles. The SMILES string of the molecule is CC(=O)NC1CCC(C(=O)N2CC[C@@H](N(C)C(=O)c3cc(Br)cc(C(F)(F)F)c3)[C@H](c3ccccc3)C2)CC1. The van der Waals surface area contributed by atoms with E-state index in [4.69, 9.17) is 0 Å². The van der Waals surface area contributed by atoms with Crippen LogP contribution >= 0.6 is 15.9 Å². The van der Waals surface area contributed by atoms with Crippen LogP contribution in [-0.2, 0) is 15.8 Å². The molecule has 39 heavy (non-hydrogen) atoms. The van der Waals surface area contributed by atoms with Crippen molar-refractivity contribution in [2.75, 3.05) is 20.1 Å². The summed E-state index contributed by atoms with van der Waals surface area (Å²) in [7, 11) is 1.62. The van der Waals surface area contributed by atoms with Crippen molar-refractivity contribution < 1.29 is 27.6 Å². The van der Waals surface area contributed by atoms with Gasteiger partial charge in [-0.1, -0.05) is 46.3 Å². The molecule has 1 saturated carbocycles. The minimum Gasteiger partial charge on any atom is -0.354 e. The fraction of sp³-hybridized carbons (Fsp3) is 0.483. The number of likely N-dealkylation sites (tertiary alicyclic amines) is 1. The Labute approximate surface area is 235 Å². The monoisotopic (exact) mass is 607 g/mol. The zero-order valence-electron chi connectivity index (χ0n) is 22.0. The van der Waals surface area contributed by atoms with Gasteiger partial charge in [-0.3, -0.25) is 14.4 Å². The van der Waals surface area contributed by atoms with Gasteiger partial charge in [0.15, 0.2) is 0 Å². The summed E-state index contributed by atoms with van der Waals surface area (Å²) in [6.07, 6.45) is -1.12. The van der Waals surface area contributed by atoms with Crippen molar-refractivity contribution in [2.45, 2.75) is 63.2 Å². The fourth-order valence-corrected chi connectivity index (χ4v) is 6.39. The maximum Gasteiger partial charge on any atom is 0.416 e. The van der Waals surface area contributed by atoms with Gasteiger partial charge < -0.3 is 15.1 Å². The molecule has 6 nitrogen and oxygen atoms in total. The van der Waals surface area contributed by atoms with Gasteiger partial charge >= 0.3 is 6.18 Å². The van der Waals surface area contributed by atoms with Gasteiger partial charge in [0.2, 0.25) is 11.8 Å². The maximum absolute atomic E-state index is 13.5. The van der Waals surface area contributed by atoms with Crippen LogP contribution in [0.15, 0.2) is 53.0 Å². The van der Waals surface area contributed by atoms with Crippen molar-refractivity contribution in [2.24, 2.45) is 5.92 Å². The van der Waals surface area contributed by atoms with Gasteiger partial charge in [0.25, 0.3) is 5.91 Å². The third kappa shape index (κ3) is 7.01. The Hall–Kier alpha value is -2.88. The highest BCUT2D eigenvalue weighted by molar-refractivity contribution is 9.10. The number of hydrogen-bond donors (Lipinski definition) is 1. The molecule has 210 valence electrons. The quantitative estimate of drug-likeness (QED) is 0.480.